The van der Waals surface area contributed by atoms with Crippen LogP contribution >= 0.6 is 11.8 Å². The predicted octanol–water partition coefficient (Wildman–Crippen LogP) is 2.79. The molecule has 0 heterocycles. The third kappa shape index (κ3) is 21.8. The number of carbonyl (C=O) groups excluding carboxylic acids is 1. The first-order valence-electron chi connectivity index (χ1n) is 12.3. The standard InChI is InChI=1S/C24H50N2O6S/c1-7-9-12-29-15-17-31-19-20-32-18-16-30-14-11-26(6)23(27)21-33-24(3,4)22-25(5)10-13-28-8-2/h7-22H2,1-6H3. The van der Waals surface area contributed by atoms with E-state index in [-0.39, 0.29) is 10.7 Å². The average molecular weight is 495 g/mol. The van der Waals surface area contributed by atoms with Crippen molar-refractivity contribution >= 4 is 17.7 Å². The van der Waals surface area contributed by atoms with E-state index in [1.807, 2.05) is 14.0 Å². The van der Waals surface area contributed by atoms with Crippen LogP contribution < -0.4 is 0 Å². The molecule has 0 atom stereocenters. The Morgan fingerprint density at radius 3 is 1.82 bits per heavy atom. The first kappa shape index (κ1) is 32.6. The summed E-state index contributed by atoms with van der Waals surface area (Å²) < 4.78 is 27.3. The largest absolute Gasteiger partial charge is 0.380 e. The van der Waals surface area contributed by atoms with Crippen molar-refractivity contribution in [1.82, 2.24) is 9.80 Å². The van der Waals surface area contributed by atoms with Gasteiger partial charge in [0.25, 0.3) is 0 Å². The molecule has 33 heavy (non-hydrogen) atoms. The van der Waals surface area contributed by atoms with E-state index in [1.165, 1.54) is 0 Å². The topological polar surface area (TPSA) is 69.7 Å². The van der Waals surface area contributed by atoms with Gasteiger partial charge in [0, 0.05) is 44.6 Å². The van der Waals surface area contributed by atoms with Crippen LogP contribution in [0.2, 0.25) is 0 Å². The van der Waals surface area contributed by atoms with E-state index in [9.17, 15) is 4.79 Å². The number of thioether (sulfide) groups is 1. The molecule has 0 unspecified atom stereocenters. The minimum absolute atomic E-state index is 0.00288. The van der Waals surface area contributed by atoms with Gasteiger partial charge in [0.2, 0.25) is 5.91 Å². The van der Waals surface area contributed by atoms with E-state index in [2.05, 4.69) is 32.7 Å². The maximum Gasteiger partial charge on any atom is 0.232 e. The molecule has 0 saturated carbocycles. The molecule has 0 bridgehead atoms. The number of amides is 1. The number of rotatable bonds is 24. The van der Waals surface area contributed by atoms with Crippen LogP contribution in [0.3, 0.4) is 0 Å². The van der Waals surface area contributed by atoms with Gasteiger partial charge in [-0.15, -0.1) is 11.8 Å². The Balaban J connectivity index is 3.63. The summed E-state index contributed by atoms with van der Waals surface area (Å²) >= 11 is 1.69. The molecule has 0 spiro atoms. The van der Waals surface area contributed by atoms with Crippen LogP contribution in [0.15, 0.2) is 0 Å². The normalized spacial score (nSPS) is 12.0. The molecule has 0 N–H and O–H groups in total. The Labute approximate surface area is 207 Å². The van der Waals surface area contributed by atoms with Crippen molar-refractivity contribution in [2.24, 2.45) is 0 Å². The van der Waals surface area contributed by atoms with Gasteiger partial charge < -0.3 is 33.5 Å². The van der Waals surface area contributed by atoms with Crippen LogP contribution in [-0.4, -0.2) is 126 Å². The van der Waals surface area contributed by atoms with Crippen molar-refractivity contribution in [3.63, 3.8) is 0 Å². The van der Waals surface area contributed by atoms with E-state index in [0.717, 1.165) is 45.8 Å². The summed E-state index contributed by atoms with van der Waals surface area (Å²) in [5.41, 5.74) is 0. The van der Waals surface area contributed by atoms with Crippen molar-refractivity contribution in [1.29, 1.82) is 0 Å². The lowest BCUT2D eigenvalue weighted by Crippen LogP contribution is -2.38. The van der Waals surface area contributed by atoms with E-state index in [0.29, 0.717) is 58.5 Å². The monoisotopic (exact) mass is 494 g/mol. The molecule has 0 aromatic carbocycles. The zero-order valence-corrected chi connectivity index (χ0v) is 22.9. The molecule has 198 valence electrons. The van der Waals surface area contributed by atoms with E-state index in [4.69, 9.17) is 23.7 Å². The van der Waals surface area contributed by atoms with Crippen molar-refractivity contribution in [2.75, 3.05) is 106 Å². The second-order valence-corrected chi connectivity index (χ2v) is 10.3. The highest BCUT2D eigenvalue weighted by molar-refractivity contribution is 8.01. The molecule has 0 saturated heterocycles. The summed E-state index contributed by atoms with van der Waals surface area (Å²) in [6.07, 6.45) is 2.24. The highest BCUT2D eigenvalue weighted by atomic mass is 32.2. The van der Waals surface area contributed by atoms with Gasteiger partial charge in [0.1, 0.15) is 0 Å². The zero-order chi connectivity index (χ0) is 24.8. The SMILES string of the molecule is CCCCOCCOCCOCCOCCN(C)C(=O)CSC(C)(C)CN(C)CCOCC. The third-order valence-corrected chi connectivity index (χ3v) is 6.12. The van der Waals surface area contributed by atoms with Gasteiger partial charge in [-0.2, -0.15) is 0 Å². The van der Waals surface area contributed by atoms with Crippen LogP contribution in [0, 0.1) is 0 Å². The lowest BCUT2D eigenvalue weighted by atomic mass is 10.2. The minimum Gasteiger partial charge on any atom is -0.380 e. The van der Waals surface area contributed by atoms with Crippen LogP contribution in [-0.2, 0) is 28.5 Å². The lowest BCUT2D eigenvalue weighted by molar-refractivity contribution is -0.127. The van der Waals surface area contributed by atoms with Crippen LogP contribution in [0.5, 0.6) is 0 Å². The van der Waals surface area contributed by atoms with Gasteiger partial charge in [-0.1, -0.05) is 13.3 Å². The molecule has 0 aliphatic carbocycles. The number of hydrogen-bond acceptors (Lipinski definition) is 8. The molecule has 1 amide bonds. The quantitative estimate of drug-likeness (QED) is 0.190. The Hall–Kier alpha value is -0.420. The highest BCUT2D eigenvalue weighted by Crippen LogP contribution is 2.25. The van der Waals surface area contributed by atoms with Crippen molar-refractivity contribution in [3.05, 3.63) is 0 Å². The van der Waals surface area contributed by atoms with Gasteiger partial charge in [-0.05, 0) is 34.2 Å². The smallest absolute Gasteiger partial charge is 0.232 e. The third-order valence-electron chi connectivity index (χ3n) is 4.81. The maximum absolute atomic E-state index is 12.4. The molecule has 0 aliphatic rings. The van der Waals surface area contributed by atoms with Gasteiger partial charge in [0.15, 0.2) is 0 Å². The summed E-state index contributed by atoms with van der Waals surface area (Å²) in [6.45, 7) is 17.1. The molecule has 0 radical (unpaired) electrons. The predicted molar refractivity (Wildman–Crippen MR) is 136 cm³/mol. The molecule has 9 heteroatoms. The van der Waals surface area contributed by atoms with Crippen molar-refractivity contribution < 1.29 is 28.5 Å². The molecule has 0 aliphatic heterocycles. The number of nitrogens with zero attached hydrogens (tertiary/aromatic N) is 2. The fourth-order valence-electron chi connectivity index (χ4n) is 2.84. The first-order chi connectivity index (χ1) is 15.8. The van der Waals surface area contributed by atoms with Gasteiger partial charge in [0.05, 0.1) is 58.6 Å². The number of carbonyl (C=O) groups is 1. The summed E-state index contributed by atoms with van der Waals surface area (Å²) in [4.78, 5) is 16.4. The van der Waals surface area contributed by atoms with E-state index < -0.39 is 0 Å². The highest BCUT2D eigenvalue weighted by Gasteiger charge is 2.23. The average Bonchev–Trinajstić information content (AvgIpc) is 2.77. The Morgan fingerprint density at radius 2 is 1.27 bits per heavy atom. The minimum atomic E-state index is -0.00288. The number of ether oxygens (including phenoxy) is 5. The lowest BCUT2D eigenvalue weighted by Gasteiger charge is -2.30. The molecule has 0 fully saturated rings. The van der Waals surface area contributed by atoms with Crippen LogP contribution in [0.4, 0.5) is 0 Å². The molecular weight excluding hydrogens is 444 g/mol. The second kappa shape index (κ2) is 22.1. The summed E-state index contributed by atoms with van der Waals surface area (Å²) in [7, 11) is 3.92. The summed E-state index contributed by atoms with van der Waals surface area (Å²) in [6, 6.07) is 0. The van der Waals surface area contributed by atoms with Gasteiger partial charge in [-0.3, -0.25) is 4.79 Å². The van der Waals surface area contributed by atoms with Gasteiger partial charge in [-0.25, -0.2) is 0 Å². The molecule has 0 aromatic heterocycles. The second-order valence-electron chi connectivity index (χ2n) is 8.60. The van der Waals surface area contributed by atoms with Crippen molar-refractivity contribution in [2.45, 2.75) is 45.3 Å². The Kier molecular flexibility index (Phi) is 21.8. The van der Waals surface area contributed by atoms with Crippen LogP contribution in [0.1, 0.15) is 40.5 Å². The van der Waals surface area contributed by atoms with E-state index >= 15 is 0 Å². The molecular formula is C24H50N2O6S. The fraction of sp³-hybridized carbons (Fsp3) is 0.958. The first-order valence-corrected chi connectivity index (χ1v) is 13.3. The summed E-state index contributed by atoms with van der Waals surface area (Å²) in [5.74, 6) is 0.593. The van der Waals surface area contributed by atoms with Crippen LogP contribution in [0.25, 0.3) is 0 Å². The molecule has 0 rings (SSSR count). The van der Waals surface area contributed by atoms with Gasteiger partial charge >= 0.3 is 0 Å². The number of hydrogen-bond donors (Lipinski definition) is 0. The Bertz CT molecular complexity index is 457. The van der Waals surface area contributed by atoms with Crippen molar-refractivity contribution in [3.8, 4) is 0 Å². The molecule has 0 aromatic rings. The number of likely N-dealkylation sites (N-methyl/N-ethyl adjacent to an activating group) is 2. The number of unbranched alkanes of at least 4 members (excludes halogenated alkanes) is 1. The summed E-state index contributed by atoms with van der Waals surface area (Å²) in [5, 5.41) is 0. The zero-order valence-electron chi connectivity index (χ0n) is 22.1. The fourth-order valence-corrected chi connectivity index (χ4v) is 3.89. The maximum atomic E-state index is 12.4. The van der Waals surface area contributed by atoms with E-state index in [1.54, 1.807) is 16.7 Å². The Morgan fingerprint density at radius 1 is 0.758 bits per heavy atom. The molecule has 8 nitrogen and oxygen atoms in total.